The molecule has 1 fully saturated rings. The van der Waals surface area contributed by atoms with Crippen LogP contribution in [-0.2, 0) is 16.6 Å². The number of H-pyrrole nitrogens is 1. The highest BCUT2D eigenvalue weighted by molar-refractivity contribution is 7.89. The van der Waals surface area contributed by atoms with Crippen LogP contribution in [0.1, 0.15) is 30.1 Å². The van der Waals surface area contributed by atoms with Crippen molar-refractivity contribution in [1.82, 2.24) is 29.3 Å². The summed E-state index contributed by atoms with van der Waals surface area (Å²) in [5, 5.41) is 10.5. The Hall–Kier alpha value is -3.89. The molecule has 36 heavy (non-hydrogen) atoms. The molecule has 1 aliphatic heterocycles. The van der Waals surface area contributed by atoms with E-state index >= 15 is 0 Å². The van der Waals surface area contributed by atoms with Crippen molar-refractivity contribution in [3.05, 3.63) is 94.5 Å². The van der Waals surface area contributed by atoms with Gasteiger partial charge in [0.15, 0.2) is 11.2 Å². The highest BCUT2D eigenvalue weighted by Gasteiger charge is 2.32. The molecule has 0 radical (unpaired) electrons. The Morgan fingerprint density at radius 1 is 0.972 bits per heavy atom. The molecular formula is C26H24N6O3S. The number of sulfonamides is 1. The van der Waals surface area contributed by atoms with Crippen molar-refractivity contribution in [2.45, 2.75) is 30.2 Å². The molecule has 1 aliphatic rings. The Morgan fingerprint density at radius 2 is 1.75 bits per heavy atom. The minimum atomic E-state index is -3.63. The lowest BCUT2D eigenvalue weighted by molar-refractivity contribution is 0.309. The molecule has 10 heteroatoms. The van der Waals surface area contributed by atoms with E-state index in [4.69, 9.17) is 4.98 Å². The number of rotatable bonds is 5. The molecule has 6 rings (SSSR count). The van der Waals surface area contributed by atoms with E-state index in [0.717, 1.165) is 22.8 Å². The molecule has 182 valence electrons. The van der Waals surface area contributed by atoms with Crippen LogP contribution in [0.3, 0.4) is 0 Å². The first-order valence-electron chi connectivity index (χ1n) is 11.9. The summed E-state index contributed by atoms with van der Waals surface area (Å²) in [6, 6.07) is 22.7. The molecule has 1 unspecified atom stereocenters. The number of aromatic nitrogens is 5. The lowest BCUT2D eigenvalue weighted by Crippen LogP contribution is -2.39. The lowest BCUT2D eigenvalue weighted by Gasteiger charge is -2.31. The van der Waals surface area contributed by atoms with Crippen LogP contribution < -0.4 is 5.56 Å². The molecule has 1 saturated heterocycles. The van der Waals surface area contributed by atoms with Gasteiger partial charge >= 0.3 is 0 Å². The maximum Gasteiger partial charge on any atom is 0.281 e. The molecule has 5 aromatic rings. The summed E-state index contributed by atoms with van der Waals surface area (Å²) in [5.74, 6) is 0.223. The zero-order valence-electron chi connectivity index (χ0n) is 19.4. The van der Waals surface area contributed by atoms with Gasteiger partial charge in [-0.25, -0.2) is 18.1 Å². The van der Waals surface area contributed by atoms with Gasteiger partial charge in [-0.15, -0.1) is 5.10 Å². The zero-order valence-corrected chi connectivity index (χ0v) is 20.2. The number of benzene rings is 3. The van der Waals surface area contributed by atoms with Crippen LogP contribution in [0.25, 0.3) is 21.9 Å². The van der Waals surface area contributed by atoms with E-state index in [2.05, 4.69) is 39.6 Å². The van der Waals surface area contributed by atoms with Gasteiger partial charge in [-0.2, -0.15) is 4.31 Å². The van der Waals surface area contributed by atoms with Gasteiger partial charge in [0.25, 0.3) is 5.56 Å². The number of hydrogen-bond acceptors (Lipinski definition) is 6. The fourth-order valence-electron chi connectivity index (χ4n) is 4.82. The first-order valence-corrected chi connectivity index (χ1v) is 13.3. The minimum absolute atomic E-state index is 0.170. The monoisotopic (exact) mass is 500 g/mol. The number of nitrogens with one attached hydrogen (secondary N) is 1. The largest absolute Gasteiger partial charge is 0.308 e. The van der Waals surface area contributed by atoms with Gasteiger partial charge in [0.05, 0.1) is 11.4 Å². The van der Waals surface area contributed by atoms with Crippen molar-refractivity contribution in [2.75, 3.05) is 13.1 Å². The van der Waals surface area contributed by atoms with Gasteiger partial charge in [0.1, 0.15) is 5.82 Å². The quantitative estimate of drug-likeness (QED) is 0.396. The topological polar surface area (TPSA) is 114 Å². The standard InChI is InChI=1S/C26H24N6O3S/c33-26-23-25(32(30-29-23)16-18-12-13-19-7-4-5-8-20(19)15-18)27-24(28-26)21-9-6-14-31(17-21)36(34,35)22-10-2-1-3-11-22/h1-5,7-8,10-13,15,21H,6,9,14,16-17H2,(H,27,28,33). The predicted octanol–water partition coefficient (Wildman–Crippen LogP) is 3.28. The summed E-state index contributed by atoms with van der Waals surface area (Å²) in [6.07, 6.45) is 1.40. The Morgan fingerprint density at radius 3 is 2.58 bits per heavy atom. The van der Waals surface area contributed by atoms with Crippen molar-refractivity contribution >= 4 is 32.0 Å². The maximum absolute atomic E-state index is 13.2. The molecule has 0 saturated carbocycles. The summed E-state index contributed by atoms with van der Waals surface area (Å²) in [4.78, 5) is 20.7. The van der Waals surface area contributed by atoms with Crippen molar-refractivity contribution in [3.8, 4) is 0 Å². The van der Waals surface area contributed by atoms with E-state index < -0.39 is 10.0 Å². The van der Waals surface area contributed by atoms with Gasteiger partial charge in [0.2, 0.25) is 10.0 Å². The number of hydrogen-bond donors (Lipinski definition) is 1. The molecule has 9 nitrogen and oxygen atoms in total. The van der Waals surface area contributed by atoms with Crippen LogP contribution >= 0.6 is 0 Å². The van der Waals surface area contributed by atoms with Gasteiger partial charge in [0, 0.05) is 19.0 Å². The maximum atomic E-state index is 13.2. The molecule has 0 spiro atoms. The normalized spacial score (nSPS) is 17.1. The van der Waals surface area contributed by atoms with E-state index in [9.17, 15) is 13.2 Å². The number of nitrogens with zero attached hydrogens (tertiary/aromatic N) is 5. The summed E-state index contributed by atoms with van der Waals surface area (Å²) in [5.41, 5.74) is 1.21. The summed E-state index contributed by atoms with van der Waals surface area (Å²) in [6.45, 7) is 1.09. The van der Waals surface area contributed by atoms with Crippen molar-refractivity contribution in [3.63, 3.8) is 0 Å². The SMILES string of the molecule is O=c1[nH]c(C2CCCN(S(=O)(=O)c3ccccc3)C2)nc2c1nnn2Cc1ccc2ccccc2c1. The van der Waals surface area contributed by atoms with Crippen LogP contribution in [-0.4, -0.2) is 50.8 Å². The highest BCUT2D eigenvalue weighted by atomic mass is 32.2. The molecule has 0 aliphatic carbocycles. The van der Waals surface area contributed by atoms with E-state index in [1.807, 2.05) is 18.2 Å². The van der Waals surface area contributed by atoms with Crippen LogP contribution in [0.4, 0.5) is 0 Å². The Labute approximate surface area is 207 Å². The summed E-state index contributed by atoms with van der Waals surface area (Å²) >= 11 is 0. The average molecular weight is 501 g/mol. The fourth-order valence-corrected chi connectivity index (χ4v) is 6.36. The minimum Gasteiger partial charge on any atom is -0.308 e. The second-order valence-electron chi connectivity index (χ2n) is 9.07. The van der Waals surface area contributed by atoms with E-state index in [-0.39, 0.29) is 28.4 Å². The second kappa shape index (κ2) is 8.96. The van der Waals surface area contributed by atoms with Crippen LogP contribution in [0.15, 0.2) is 82.5 Å². The third kappa shape index (κ3) is 4.08. The van der Waals surface area contributed by atoms with Crippen molar-refractivity contribution in [1.29, 1.82) is 0 Å². The van der Waals surface area contributed by atoms with E-state index in [0.29, 0.717) is 31.0 Å². The van der Waals surface area contributed by atoms with Crippen LogP contribution in [0.5, 0.6) is 0 Å². The molecule has 0 bridgehead atoms. The molecule has 3 heterocycles. The highest BCUT2D eigenvalue weighted by Crippen LogP contribution is 2.29. The molecule has 3 aromatic carbocycles. The first-order chi connectivity index (χ1) is 17.5. The van der Waals surface area contributed by atoms with Crippen molar-refractivity contribution in [2.24, 2.45) is 0 Å². The van der Waals surface area contributed by atoms with Gasteiger partial charge in [-0.05, 0) is 47.4 Å². The third-order valence-electron chi connectivity index (χ3n) is 6.69. The van der Waals surface area contributed by atoms with Crippen LogP contribution in [0.2, 0.25) is 0 Å². The predicted molar refractivity (Wildman–Crippen MR) is 136 cm³/mol. The molecular weight excluding hydrogens is 476 g/mol. The van der Waals surface area contributed by atoms with E-state index in [1.54, 1.807) is 35.0 Å². The second-order valence-corrected chi connectivity index (χ2v) is 11.0. The number of piperidine rings is 1. The van der Waals surface area contributed by atoms with E-state index in [1.165, 1.54) is 4.31 Å². The smallest absolute Gasteiger partial charge is 0.281 e. The number of fused-ring (bicyclic) bond motifs is 2. The zero-order chi connectivity index (χ0) is 24.7. The lowest BCUT2D eigenvalue weighted by atomic mass is 9.99. The average Bonchev–Trinajstić information content (AvgIpc) is 3.32. The molecule has 1 N–H and O–H groups in total. The third-order valence-corrected chi connectivity index (χ3v) is 8.57. The van der Waals surface area contributed by atoms with Gasteiger partial charge in [-0.3, -0.25) is 4.79 Å². The first kappa shape index (κ1) is 22.6. The Bertz CT molecular complexity index is 1730. The van der Waals surface area contributed by atoms with Crippen molar-refractivity contribution < 1.29 is 8.42 Å². The molecule has 0 amide bonds. The van der Waals surface area contributed by atoms with Gasteiger partial charge < -0.3 is 4.98 Å². The summed E-state index contributed by atoms with van der Waals surface area (Å²) < 4.78 is 29.4. The number of aromatic amines is 1. The molecule has 2 aromatic heterocycles. The Kier molecular flexibility index (Phi) is 5.62. The fraction of sp³-hybridized carbons (Fsp3) is 0.231. The molecule has 1 atom stereocenters. The summed E-state index contributed by atoms with van der Waals surface area (Å²) in [7, 11) is -3.63. The Balaban J connectivity index is 1.31. The van der Waals surface area contributed by atoms with Crippen LogP contribution in [0, 0.1) is 0 Å². The van der Waals surface area contributed by atoms with Gasteiger partial charge in [-0.1, -0.05) is 59.8 Å².